The average Bonchev–Trinajstić information content (AvgIpc) is 2.71. The highest BCUT2D eigenvalue weighted by atomic mass is 16.5. The number of fused-ring (bicyclic) bond motifs is 1. The fourth-order valence-electron chi connectivity index (χ4n) is 6.44. The van der Waals surface area contributed by atoms with Gasteiger partial charge in [0.05, 0.1) is 19.3 Å². The van der Waals surface area contributed by atoms with Gasteiger partial charge in [0.15, 0.2) is 0 Å². The van der Waals surface area contributed by atoms with Gasteiger partial charge in [0.2, 0.25) is 0 Å². The van der Waals surface area contributed by atoms with E-state index in [2.05, 4.69) is 53.0 Å². The van der Waals surface area contributed by atoms with Crippen LogP contribution in [0.5, 0.6) is 5.75 Å². The molecule has 2 fully saturated rings. The van der Waals surface area contributed by atoms with Crippen molar-refractivity contribution in [3.05, 3.63) is 54.6 Å². The summed E-state index contributed by atoms with van der Waals surface area (Å²) in [5.41, 5.74) is 3.11. The fourth-order valence-corrected chi connectivity index (χ4v) is 6.44. The zero-order valence-electron chi connectivity index (χ0n) is 19.9. The van der Waals surface area contributed by atoms with Crippen molar-refractivity contribution in [2.24, 2.45) is 22.7 Å². The highest BCUT2D eigenvalue weighted by molar-refractivity contribution is 5.26. The van der Waals surface area contributed by atoms with Gasteiger partial charge in [-0.1, -0.05) is 57.6 Å². The third-order valence-corrected chi connectivity index (χ3v) is 8.41. The molecule has 2 saturated carbocycles. The topological polar surface area (TPSA) is 18.5 Å². The SMILES string of the molecule is C=C[C@](C)(CC[C@H]1C(=C)CC[C@H]2C(C)(C)CCC[C@]12C)OCc1ccc(OC)cc1. The van der Waals surface area contributed by atoms with Gasteiger partial charge in [-0.05, 0) is 85.8 Å². The molecule has 0 saturated heterocycles. The van der Waals surface area contributed by atoms with Gasteiger partial charge >= 0.3 is 0 Å². The third-order valence-electron chi connectivity index (χ3n) is 8.41. The zero-order chi connectivity index (χ0) is 22.0. The van der Waals surface area contributed by atoms with Crippen LogP contribution < -0.4 is 4.74 Å². The first-order chi connectivity index (χ1) is 14.1. The summed E-state index contributed by atoms with van der Waals surface area (Å²) >= 11 is 0. The molecule has 0 unspecified atom stereocenters. The Bertz CT molecular complexity index is 746. The summed E-state index contributed by atoms with van der Waals surface area (Å²) in [6, 6.07) is 8.12. The third kappa shape index (κ3) is 4.69. The number of rotatable bonds is 8. The molecule has 0 N–H and O–H groups in total. The van der Waals surface area contributed by atoms with Gasteiger partial charge in [-0.2, -0.15) is 0 Å². The van der Waals surface area contributed by atoms with E-state index in [4.69, 9.17) is 9.47 Å². The maximum absolute atomic E-state index is 6.39. The molecule has 2 nitrogen and oxygen atoms in total. The molecule has 0 radical (unpaired) electrons. The Labute approximate surface area is 184 Å². The van der Waals surface area contributed by atoms with Gasteiger partial charge in [-0.25, -0.2) is 0 Å². The predicted molar refractivity (Wildman–Crippen MR) is 127 cm³/mol. The molecule has 30 heavy (non-hydrogen) atoms. The quantitative estimate of drug-likeness (QED) is 0.408. The minimum Gasteiger partial charge on any atom is -0.497 e. The smallest absolute Gasteiger partial charge is 0.118 e. The van der Waals surface area contributed by atoms with E-state index in [0.717, 1.165) is 30.1 Å². The molecule has 0 heterocycles. The molecule has 0 spiro atoms. The van der Waals surface area contributed by atoms with Crippen LogP contribution in [0.1, 0.15) is 78.2 Å². The van der Waals surface area contributed by atoms with Crippen molar-refractivity contribution >= 4 is 0 Å². The molecule has 166 valence electrons. The minimum atomic E-state index is -0.326. The monoisotopic (exact) mass is 410 g/mol. The van der Waals surface area contributed by atoms with Crippen molar-refractivity contribution in [1.29, 1.82) is 0 Å². The summed E-state index contributed by atoms with van der Waals surface area (Å²) in [6.45, 7) is 19.0. The summed E-state index contributed by atoms with van der Waals surface area (Å²) in [7, 11) is 1.69. The van der Waals surface area contributed by atoms with Gasteiger partial charge in [0.25, 0.3) is 0 Å². The first-order valence-electron chi connectivity index (χ1n) is 11.7. The molecule has 1 aromatic rings. The molecule has 0 amide bonds. The van der Waals surface area contributed by atoms with Gasteiger partial charge in [0.1, 0.15) is 5.75 Å². The van der Waals surface area contributed by atoms with Crippen LogP contribution in [-0.2, 0) is 11.3 Å². The second-order valence-electron chi connectivity index (χ2n) is 10.8. The van der Waals surface area contributed by atoms with E-state index in [1.54, 1.807) is 7.11 Å². The number of ether oxygens (including phenoxy) is 2. The van der Waals surface area contributed by atoms with E-state index in [1.165, 1.54) is 37.7 Å². The lowest BCUT2D eigenvalue weighted by molar-refractivity contribution is -0.0652. The first kappa shape index (κ1) is 23.1. The van der Waals surface area contributed by atoms with Gasteiger partial charge in [-0.3, -0.25) is 0 Å². The Morgan fingerprint density at radius 3 is 2.50 bits per heavy atom. The normalized spacial score (nSPS) is 30.2. The van der Waals surface area contributed by atoms with E-state index in [0.29, 0.717) is 23.4 Å². The average molecular weight is 411 g/mol. The van der Waals surface area contributed by atoms with Crippen LogP contribution >= 0.6 is 0 Å². The largest absolute Gasteiger partial charge is 0.497 e. The first-order valence-corrected chi connectivity index (χ1v) is 11.7. The Morgan fingerprint density at radius 1 is 1.17 bits per heavy atom. The van der Waals surface area contributed by atoms with Crippen LogP contribution in [0, 0.1) is 22.7 Å². The molecule has 0 bridgehead atoms. The summed E-state index contributed by atoms with van der Waals surface area (Å²) in [6.07, 6.45) is 10.6. The molecule has 0 aliphatic heterocycles. The van der Waals surface area contributed by atoms with Crippen molar-refractivity contribution in [2.45, 2.75) is 84.8 Å². The molecular weight excluding hydrogens is 368 g/mol. The Hall–Kier alpha value is -1.54. The van der Waals surface area contributed by atoms with Crippen LogP contribution in [0.25, 0.3) is 0 Å². The summed E-state index contributed by atoms with van der Waals surface area (Å²) in [5.74, 6) is 2.25. The Balaban J connectivity index is 1.67. The molecule has 1 aromatic carbocycles. The number of allylic oxidation sites excluding steroid dienone is 1. The van der Waals surface area contributed by atoms with Crippen LogP contribution in [0.4, 0.5) is 0 Å². The van der Waals surface area contributed by atoms with Crippen molar-refractivity contribution in [3.8, 4) is 5.75 Å². The van der Waals surface area contributed by atoms with Gasteiger partial charge in [-0.15, -0.1) is 6.58 Å². The number of benzene rings is 1. The molecule has 2 aliphatic carbocycles. The van der Waals surface area contributed by atoms with E-state index < -0.39 is 0 Å². The number of hydrogen-bond acceptors (Lipinski definition) is 2. The van der Waals surface area contributed by atoms with Crippen LogP contribution in [-0.4, -0.2) is 12.7 Å². The zero-order valence-corrected chi connectivity index (χ0v) is 19.9. The van der Waals surface area contributed by atoms with Gasteiger partial charge < -0.3 is 9.47 Å². The van der Waals surface area contributed by atoms with E-state index in [9.17, 15) is 0 Å². The fraction of sp³-hybridized carbons (Fsp3) is 0.643. The predicted octanol–water partition coefficient (Wildman–Crippen LogP) is 7.74. The van der Waals surface area contributed by atoms with Crippen molar-refractivity contribution in [2.75, 3.05) is 7.11 Å². The van der Waals surface area contributed by atoms with Crippen LogP contribution in [0.15, 0.2) is 49.1 Å². The van der Waals surface area contributed by atoms with Crippen LogP contribution in [0.3, 0.4) is 0 Å². The van der Waals surface area contributed by atoms with Crippen molar-refractivity contribution in [1.82, 2.24) is 0 Å². The summed E-state index contributed by atoms with van der Waals surface area (Å²) in [4.78, 5) is 0. The Morgan fingerprint density at radius 2 is 1.87 bits per heavy atom. The molecular formula is C28H42O2. The summed E-state index contributed by atoms with van der Waals surface area (Å²) in [5, 5.41) is 0. The van der Waals surface area contributed by atoms with E-state index >= 15 is 0 Å². The molecule has 4 atom stereocenters. The van der Waals surface area contributed by atoms with Crippen LogP contribution in [0.2, 0.25) is 0 Å². The second-order valence-corrected chi connectivity index (χ2v) is 10.8. The van der Waals surface area contributed by atoms with E-state index in [1.807, 2.05) is 18.2 Å². The molecule has 0 aromatic heterocycles. The number of hydrogen-bond donors (Lipinski definition) is 0. The Kier molecular flexibility index (Phi) is 6.87. The standard InChI is InChI=1S/C28H42O2/c1-8-27(5,30-20-22-11-13-23(29-7)14-12-22)19-16-24-21(2)10-15-25-26(3,4)17-9-18-28(24,25)6/h8,11-14,24-25H,1-2,9-10,15-20H2,3-7H3/t24-,25-,27+,28+/m0/s1. The second kappa shape index (κ2) is 8.91. The van der Waals surface area contributed by atoms with Crippen molar-refractivity contribution in [3.63, 3.8) is 0 Å². The minimum absolute atomic E-state index is 0.326. The van der Waals surface area contributed by atoms with Crippen molar-refractivity contribution < 1.29 is 9.47 Å². The highest BCUT2D eigenvalue weighted by Crippen LogP contribution is 2.61. The molecule has 3 rings (SSSR count). The maximum atomic E-state index is 6.39. The van der Waals surface area contributed by atoms with E-state index in [-0.39, 0.29) is 5.60 Å². The van der Waals surface area contributed by atoms with Gasteiger partial charge in [0, 0.05) is 0 Å². The summed E-state index contributed by atoms with van der Waals surface area (Å²) < 4.78 is 11.6. The highest BCUT2D eigenvalue weighted by Gasteiger charge is 2.52. The molecule has 2 aliphatic rings. The molecule has 2 heteroatoms. The number of methoxy groups -OCH3 is 1. The lowest BCUT2D eigenvalue weighted by Crippen LogP contribution is -2.49. The maximum Gasteiger partial charge on any atom is 0.118 e. The lowest BCUT2D eigenvalue weighted by Gasteiger charge is -2.58. The lowest BCUT2D eigenvalue weighted by atomic mass is 9.47.